The van der Waals surface area contributed by atoms with Gasteiger partial charge in [0.05, 0.1) is 11.4 Å². The highest BCUT2D eigenvalue weighted by Gasteiger charge is 2.25. The average Bonchev–Trinajstić information content (AvgIpc) is 3.48. The van der Waals surface area contributed by atoms with Crippen molar-refractivity contribution in [1.82, 2.24) is 13.9 Å². The number of hydrogen-bond donors (Lipinski definition) is 1. The van der Waals surface area contributed by atoms with Crippen LogP contribution in [0.4, 0.5) is 5.69 Å². The maximum absolute atomic E-state index is 13.0. The van der Waals surface area contributed by atoms with Gasteiger partial charge in [-0.3, -0.25) is 14.3 Å². The maximum atomic E-state index is 13.0. The quantitative estimate of drug-likeness (QED) is 0.372. The third-order valence-electron chi connectivity index (χ3n) is 6.23. The average molecular weight is 489 g/mol. The molecular formula is C26H24N4O4S. The van der Waals surface area contributed by atoms with Crippen LogP contribution in [0.3, 0.4) is 0 Å². The zero-order chi connectivity index (χ0) is 24.9. The number of carbonyl (C=O) groups is 2. The maximum Gasteiger partial charge on any atom is 0.349 e. The Morgan fingerprint density at radius 2 is 1.69 bits per heavy atom. The van der Waals surface area contributed by atoms with Gasteiger partial charge in [-0.1, -0.05) is 36.4 Å². The van der Waals surface area contributed by atoms with Crippen molar-refractivity contribution in [3.63, 3.8) is 0 Å². The van der Waals surface area contributed by atoms with E-state index >= 15 is 0 Å². The Morgan fingerprint density at radius 1 is 1.00 bits per heavy atom. The molecule has 0 unspecified atom stereocenters. The molecule has 178 valence electrons. The molecule has 1 atom stereocenters. The number of esters is 1. The Morgan fingerprint density at radius 3 is 2.43 bits per heavy atom. The second kappa shape index (κ2) is 8.59. The van der Waals surface area contributed by atoms with E-state index in [4.69, 9.17) is 4.74 Å². The first kappa shape index (κ1) is 22.7. The van der Waals surface area contributed by atoms with E-state index in [9.17, 15) is 14.4 Å². The van der Waals surface area contributed by atoms with Crippen molar-refractivity contribution < 1.29 is 14.3 Å². The van der Waals surface area contributed by atoms with Gasteiger partial charge in [-0.2, -0.15) is 0 Å². The number of para-hydroxylation sites is 2. The summed E-state index contributed by atoms with van der Waals surface area (Å²) < 4.78 is 10.6. The summed E-state index contributed by atoms with van der Waals surface area (Å²) >= 11 is 1.32. The minimum absolute atomic E-state index is 0.151. The molecule has 0 aliphatic rings. The smallest absolute Gasteiger partial charge is 0.349 e. The molecule has 0 bridgehead atoms. The van der Waals surface area contributed by atoms with Gasteiger partial charge in [-0.15, -0.1) is 11.3 Å². The van der Waals surface area contributed by atoms with Crippen LogP contribution in [-0.2, 0) is 23.6 Å². The number of carbonyl (C=O) groups excluding carboxylic acids is 2. The number of aromatic nitrogens is 3. The predicted octanol–water partition coefficient (Wildman–Crippen LogP) is 4.37. The highest BCUT2D eigenvalue weighted by atomic mass is 32.1. The van der Waals surface area contributed by atoms with E-state index in [1.165, 1.54) is 22.9 Å². The number of rotatable bonds is 5. The van der Waals surface area contributed by atoms with Crippen molar-refractivity contribution in [1.29, 1.82) is 0 Å². The first-order valence-electron chi connectivity index (χ1n) is 11.1. The molecular weight excluding hydrogens is 464 g/mol. The van der Waals surface area contributed by atoms with Gasteiger partial charge in [0.2, 0.25) is 0 Å². The number of ether oxygens (including phenoxy) is 1. The summed E-state index contributed by atoms with van der Waals surface area (Å²) in [6.45, 7) is 3.23. The van der Waals surface area contributed by atoms with Crippen LogP contribution >= 0.6 is 11.3 Å². The Bertz CT molecular complexity index is 1660. The third-order valence-corrected chi connectivity index (χ3v) is 7.42. The van der Waals surface area contributed by atoms with Gasteiger partial charge < -0.3 is 14.6 Å². The van der Waals surface area contributed by atoms with E-state index < -0.39 is 18.0 Å². The van der Waals surface area contributed by atoms with E-state index in [2.05, 4.69) is 5.32 Å². The van der Waals surface area contributed by atoms with Crippen LogP contribution in [-0.4, -0.2) is 31.9 Å². The van der Waals surface area contributed by atoms with Crippen molar-refractivity contribution in [2.45, 2.75) is 20.0 Å². The van der Waals surface area contributed by atoms with Crippen molar-refractivity contribution in [2.75, 3.05) is 5.32 Å². The molecule has 0 saturated heterocycles. The second-order valence-electron chi connectivity index (χ2n) is 8.38. The Balaban J connectivity index is 1.35. The van der Waals surface area contributed by atoms with E-state index in [1.54, 1.807) is 24.7 Å². The van der Waals surface area contributed by atoms with Gasteiger partial charge in [-0.25, -0.2) is 9.48 Å². The summed E-state index contributed by atoms with van der Waals surface area (Å²) in [5, 5.41) is 4.68. The number of benzene rings is 2. The summed E-state index contributed by atoms with van der Waals surface area (Å²) in [5.41, 5.74) is 2.14. The fourth-order valence-electron chi connectivity index (χ4n) is 4.24. The molecule has 2 aromatic carbocycles. The van der Waals surface area contributed by atoms with Crippen molar-refractivity contribution >= 4 is 50.0 Å². The molecule has 1 amide bonds. The molecule has 5 rings (SSSR count). The van der Waals surface area contributed by atoms with Crippen LogP contribution in [0.15, 0.2) is 65.5 Å². The molecule has 0 radical (unpaired) electrons. The number of aryl methyl sites for hydroxylation is 1. The fraction of sp³-hybridized carbons (Fsp3) is 0.192. The molecule has 3 heterocycles. The molecule has 0 aliphatic heterocycles. The molecule has 5 aromatic rings. The highest BCUT2D eigenvalue weighted by Crippen LogP contribution is 2.34. The van der Waals surface area contributed by atoms with Crippen LogP contribution in [0.25, 0.3) is 26.8 Å². The monoisotopic (exact) mass is 488 g/mol. The van der Waals surface area contributed by atoms with Gasteiger partial charge in [0.15, 0.2) is 6.10 Å². The number of amides is 1. The first-order chi connectivity index (χ1) is 16.8. The summed E-state index contributed by atoms with van der Waals surface area (Å²) in [6, 6.07) is 18.9. The number of hydrogen-bond acceptors (Lipinski definition) is 5. The number of anilines is 1. The lowest BCUT2D eigenvalue weighted by molar-refractivity contribution is -0.123. The van der Waals surface area contributed by atoms with E-state index in [0.29, 0.717) is 16.3 Å². The lowest BCUT2D eigenvalue weighted by Crippen LogP contribution is -2.32. The summed E-state index contributed by atoms with van der Waals surface area (Å²) in [4.78, 5) is 40.1. The highest BCUT2D eigenvalue weighted by molar-refractivity contribution is 7.20. The zero-order valence-corrected chi connectivity index (χ0v) is 20.6. The van der Waals surface area contributed by atoms with Crippen LogP contribution in [0.2, 0.25) is 0 Å². The number of nitrogens with zero attached hydrogens (tertiary/aromatic N) is 3. The standard InChI is InChI=1S/C26H24N4O4S/c1-15-22(24(32)30(29(15)4)17-10-6-5-7-11-17)27-23(31)16(2)34-26(33)21-14-19-18-12-8-9-13-20(18)28(3)25(19)35-21/h5-14,16H,1-4H3,(H,27,31)/t16-/m1/s1. The Kier molecular flexibility index (Phi) is 5.56. The van der Waals surface area contributed by atoms with Crippen LogP contribution in [0.1, 0.15) is 22.3 Å². The minimum Gasteiger partial charge on any atom is -0.448 e. The van der Waals surface area contributed by atoms with Crippen LogP contribution in [0.5, 0.6) is 0 Å². The van der Waals surface area contributed by atoms with E-state index in [1.807, 2.05) is 66.2 Å². The molecule has 0 saturated carbocycles. The third kappa shape index (κ3) is 3.74. The second-order valence-corrected chi connectivity index (χ2v) is 9.41. The molecule has 0 aliphatic carbocycles. The van der Waals surface area contributed by atoms with Gasteiger partial charge in [0, 0.05) is 30.4 Å². The van der Waals surface area contributed by atoms with Crippen LogP contribution < -0.4 is 10.9 Å². The number of nitrogens with one attached hydrogen (secondary N) is 1. The predicted molar refractivity (Wildman–Crippen MR) is 138 cm³/mol. The van der Waals surface area contributed by atoms with Crippen LogP contribution in [0, 0.1) is 6.92 Å². The summed E-state index contributed by atoms with van der Waals surface area (Å²) in [6.07, 6.45) is -1.09. The van der Waals surface area contributed by atoms with Gasteiger partial charge in [0.1, 0.15) is 15.4 Å². The molecule has 8 nitrogen and oxygen atoms in total. The molecule has 3 aromatic heterocycles. The lowest BCUT2D eigenvalue weighted by Gasteiger charge is -2.12. The molecule has 0 fully saturated rings. The zero-order valence-electron chi connectivity index (χ0n) is 19.7. The molecule has 1 N–H and O–H groups in total. The first-order valence-corrected chi connectivity index (χ1v) is 11.9. The fourth-order valence-corrected chi connectivity index (χ4v) is 5.27. The lowest BCUT2D eigenvalue weighted by atomic mass is 10.2. The van der Waals surface area contributed by atoms with E-state index in [0.717, 1.165) is 21.1 Å². The summed E-state index contributed by atoms with van der Waals surface area (Å²) in [7, 11) is 3.70. The molecule has 35 heavy (non-hydrogen) atoms. The van der Waals surface area contributed by atoms with Gasteiger partial charge in [-0.05, 0) is 38.1 Å². The normalized spacial score (nSPS) is 12.2. The Labute approximate surface area is 204 Å². The molecule has 0 spiro atoms. The van der Waals surface area contributed by atoms with Gasteiger partial charge in [0.25, 0.3) is 11.5 Å². The van der Waals surface area contributed by atoms with Crippen molar-refractivity contribution in [2.24, 2.45) is 14.1 Å². The minimum atomic E-state index is -1.09. The topological polar surface area (TPSA) is 87.3 Å². The van der Waals surface area contributed by atoms with Crippen molar-refractivity contribution in [3.8, 4) is 5.69 Å². The molecule has 9 heteroatoms. The Hall–Kier alpha value is -4.11. The van der Waals surface area contributed by atoms with E-state index in [-0.39, 0.29) is 11.2 Å². The SMILES string of the molecule is Cc1c(NC(=O)[C@@H](C)OC(=O)c2cc3c4ccccc4n(C)c3s2)c(=O)n(-c2ccccc2)n1C. The number of fused-ring (bicyclic) bond motifs is 3. The number of thiophene rings is 1. The largest absolute Gasteiger partial charge is 0.448 e. The summed E-state index contributed by atoms with van der Waals surface area (Å²) in [5.74, 6) is -1.15. The van der Waals surface area contributed by atoms with Gasteiger partial charge >= 0.3 is 5.97 Å². The van der Waals surface area contributed by atoms with Crippen molar-refractivity contribution in [3.05, 3.63) is 81.6 Å².